The number of fused-ring (bicyclic) bond motifs is 2. The highest BCUT2D eigenvalue weighted by Gasteiger charge is 2.41. The molecule has 32 heavy (non-hydrogen) atoms. The highest BCUT2D eigenvalue weighted by molar-refractivity contribution is 14.1. The Morgan fingerprint density at radius 2 is 1.50 bits per heavy atom. The van der Waals surface area contributed by atoms with Crippen LogP contribution in [0.1, 0.15) is 83.9 Å². The number of piperidine rings is 1. The van der Waals surface area contributed by atoms with Crippen molar-refractivity contribution in [2.45, 2.75) is 106 Å². The van der Waals surface area contributed by atoms with E-state index in [1.54, 1.807) is 0 Å². The molecular weight excluding hydrogens is 509 g/mol. The summed E-state index contributed by atoms with van der Waals surface area (Å²) in [5.41, 5.74) is 0. The lowest BCUT2D eigenvalue weighted by atomic mass is 9.83. The minimum absolute atomic E-state index is 0.534. The SMILES string of the molecule is CC(I)C1CCC(N2CCC(c3nccc(N4C5CCC4CN(C(C)C)C5)n3)CC2)CC1. The summed E-state index contributed by atoms with van der Waals surface area (Å²) in [6.45, 7) is 11.9. The number of hydrogen-bond donors (Lipinski definition) is 0. The van der Waals surface area contributed by atoms with Crippen molar-refractivity contribution in [1.82, 2.24) is 19.8 Å². The van der Waals surface area contributed by atoms with E-state index in [2.05, 4.69) is 64.1 Å². The topological polar surface area (TPSA) is 35.5 Å². The molecule has 4 fully saturated rings. The maximum absolute atomic E-state index is 5.17. The van der Waals surface area contributed by atoms with Gasteiger partial charge in [0, 0.05) is 53.3 Å². The zero-order chi connectivity index (χ0) is 22.2. The van der Waals surface area contributed by atoms with Gasteiger partial charge in [-0.3, -0.25) is 4.90 Å². The van der Waals surface area contributed by atoms with Gasteiger partial charge in [0.1, 0.15) is 11.6 Å². The number of hydrogen-bond acceptors (Lipinski definition) is 5. The molecule has 5 nitrogen and oxygen atoms in total. The van der Waals surface area contributed by atoms with Crippen molar-refractivity contribution in [3.63, 3.8) is 0 Å². The van der Waals surface area contributed by atoms with Gasteiger partial charge in [0.05, 0.1) is 0 Å². The van der Waals surface area contributed by atoms with Gasteiger partial charge >= 0.3 is 0 Å². The second kappa shape index (κ2) is 10.0. The number of piperazine rings is 1. The lowest BCUT2D eigenvalue weighted by molar-refractivity contribution is 0.107. The average Bonchev–Trinajstić information content (AvgIpc) is 3.08. The number of rotatable bonds is 5. The molecule has 0 aromatic carbocycles. The molecule has 178 valence electrons. The van der Waals surface area contributed by atoms with Crippen LogP contribution in [0.15, 0.2) is 12.3 Å². The molecule has 2 bridgehead atoms. The van der Waals surface area contributed by atoms with Crippen LogP contribution in [0.2, 0.25) is 0 Å². The van der Waals surface area contributed by atoms with E-state index in [0.717, 1.165) is 21.7 Å². The molecular formula is C26H42IN5. The number of likely N-dealkylation sites (tertiary alicyclic amines) is 2. The first-order chi connectivity index (χ1) is 15.5. The van der Waals surface area contributed by atoms with Gasteiger partial charge in [-0.15, -0.1) is 0 Å². The fourth-order valence-corrected chi connectivity index (χ4v) is 7.60. The van der Waals surface area contributed by atoms with Crippen LogP contribution < -0.4 is 4.90 Å². The third-order valence-electron chi connectivity index (χ3n) is 8.97. The Morgan fingerprint density at radius 3 is 2.09 bits per heavy atom. The van der Waals surface area contributed by atoms with E-state index in [-0.39, 0.29) is 0 Å². The standard InChI is InChI=1S/C26H42IN5/c1-18(2)31-16-23-8-9-24(17-31)32(23)25-10-13-28-26(29-25)21-11-14-30(15-12-21)22-6-4-20(5-7-22)19(3)27/h10,13,18-24H,4-9,11-12,14-17H2,1-3H3. The Kier molecular flexibility index (Phi) is 7.29. The van der Waals surface area contributed by atoms with Crippen molar-refractivity contribution in [2.75, 3.05) is 31.1 Å². The number of aromatic nitrogens is 2. The Balaban J connectivity index is 1.19. The van der Waals surface area contributed by atoms with Crippen molar-refractivity contribution < 1.29 is 0 Å². The molecule has 0 amide bonds. The second-order valence-electron chi connectivity index (χ2n) is 11.2. The third kappa shape index (κ3) is 4.83. The maximum atomic E-state index is 5.17. The molecule has 5 rings (SSSR count). The fourth-order valence-electron chi connectivity index (χ4n) is 6.88. The van der Waals surface area contributed by atoms with E-state index in [0.29, 0.717) is 24.0 Å². The monoisotopic (exact) mass is 551 g/mol. The Hall–Kier alpha value is -0.470. The molecule has 1 aromatic heterocycles. The smallest absolute Gasteiger partial charge is 0.133 e. The van der Waals surface area contributed by atoms with Crippen molar-refractivity contribution in [3.8, 4) is 0 Å². The van der Waals surface area contributed by atoms with Gasteiger partial charge in [0.25, 0.3) is 0 Å². The van der Waals surface area contributed by atoms with Gasteiger partial charge in [-0.1, -0.05) is 29.5 Å². The molecule has 3 atom stereocenters. The second-order valence-corrected chi connectivity index (χ2v) is 13.1. The molecule has 1 saturated carbocycles. The van der Waals surface area contributed by atoms with Crippen LogP contribution in [0.5, 0.6) is 0 Å². The predicted octanol–water partition coefficient (Wildman–Crippen LogP) is 5.10. The molecule has 0 N–H and O–H groups in total. The van der Waals surface area contributed by atoms with Gasteiger partial charge in [-0.05, 0) is 90.3 Å². The molecule has 6 heteroatoms. The Bertz CT molecular complexity index is 740. The third-order valence-corrected chi connectivity index (χ3v) is 9.98. The maximum Gasteiger partial charge on any atom is 0.133 e. The minimum atomic E-state index is 0.534. The van der Waals surface area contributed by atoms with Gasteiger partial charge in [0.15, 0.2) is 0 Å². The summed E-state index contributed by atoms with van der Waals surface area (Å²) in [6, 6.07) is 4.89. The van der Waals surface area contributed by atoms with E-state index >= 15 is 0 Å². The van der Waals surface area contributed by atoms with Gasteiger partial charge < -0.3 is 9.80 Å². The summed E-state index contributed by atoms with van der Waals surface area (Å²) in [5, 5.41) is 0. The predicted molar refractivity (Wildman–Crippen MR) is 141 cm³/mol. The molecule has 3 aliphatic heterocycles. The summed E-state index contributed by atoms with van der Waals surface area (Å²) in [7, 11) is 0. The first-order valence-corrected chi connectivity index (χ1v) is 14.5. The van der Waals surface area contributed by atoms with E-state index in [4.69, 9.17) is 9.97 Å². The number of alkyl halides is 1. The van der Waals surface area contributed by atoms with Gasteiger partial charge in [-0.25, -0.2) is 9.97 Å². The average molecular weight is 552 g/mol. The molecule has 1 aliphatic carbocycles. The summed E-state index contributed by atoms with van der Waals surface area (Å²) in [5.74, 6) is 3.78. The molecule has 0 radical (unpaired) electrons. The van der Waals surface area contributed by atoms with Crippen LogP contribution in [0.25, 0.3) is 0 Å². The lowest BCUT2D eigenvalue weighted by Crippen LogP contribution is -2.55. The fraction of sp³-hybridized carbons (Fsp3) is 0.846. The number of nitrogens with zero attached hydrogens (tertiary/aromatic N) is 5. The first-order valence-electron chi connectivity index (χ1n) is 13.2. The Labute approximate surface area is 208 Å². The zero-order valence-corrected chi connectivity index (χ0v) is 22.5. The van der Waals surface area contributed by atoms with E-state index in [1.807, 2.05) is 6.20 Å². The summed E-state index contributed by atoms with van der Waals surface area (Å²) in [6.07, 6.45) is 12.7. The molecule has 0 spiro atoms. The zero-order valence-electron chi connectivity index (χ0n) is 20.3. The summed E-state index contributed by atoms with van der Waals surface area (Å²) in [4.78, 5) is 18.0. The van der Waals surface area contributed by atoms with Crippen LogP contribution in [0.3, 0.4) is 0 Å². The van der Waals surface area contributed by atoms with Crippen molar-refractivity contribution in [2.24, 2.45) is 5.92 Å². The van der Waals surface area contributed by atoms with Crippen LogP contribution in [0.4, 0.5) is 5.82 Å². The molecule has 1 aromatic rings. The van der Waals surface area contributed by atoms with Crippen molar-refractivity contribution >= 4 is 28.4 Å². The largest absolute Gasteiger partial charge is 0.348 e. The number of anilines is 1. The minimum Gasteiger partial charge on any atom is -0.348 e. The lowest BCUT2D eigenvalue weighted by Gasteiger charge is -2.43. The normalized spacial score (nSPS) is 33.7. The van der Waals surface area contributed by atoms with E-state index in [1.165, 1.54) is 83.4 Å². The molecule has 3 saturated heterocycles. The summed E-state index contributed by atoms with van der Waals surface area (Å²) < 4.78 is 0.826. The molecule has 3 unspecified atom stereocenters. The van der Waals surface area contributed by atoms with Crippen LogP contribution in [-0.4, -0.2) is 74.0 Å². The highest BCUT2D eigenvalue weighted by Crippen LogP contribution is 2.37. The Morgan fingerprint density at radius 1 is 0.875 bits per heavy atom. The van der Waals surface area contributed by atoms with Crippen LogP contribution in [0, 0.1) is 5.92 Å². The highest BCUT2D eigenvalue weighted by atomic mass is 127. The van der Waals surface area contributed by atoms with E-state index < -0.39 is 0 Å². The summed E-state index contributed by atoms with van der Waals surface area (Å²) >= 11 is 2.63. The van der Waals surface area contributed by atoms with Crippen LogP contribution >= 0.6 is 22.6 Å². The number of halogens is 1. The quantitative estimate of drug-likeness (QED) is 0.376. The van der Waals surface area contributed by atoms with E-state index in [9.17, 15) is 0 Å². The molecule has 4 aliphatic rings. The van der Waals surface area contributed by atoms with Gasteiger partial charge in [0.2, 0.25) is 0 Å². The van der Waals surface area contributed by atoms with Crippen molar-refractivity contribution in [3.05, 3.63) is 18.1 Å². The molecule has 4 heterocycles. The van der Waals surface area contributed by atoms with Gasteiger partial charge in [-0.2, -0.15) is 0 Å². The van der Waals surface area contributed by atoms with Crippen LogP contribution in [-0.2, 0) is 0 Å². The van der Waals surface area contributed by atoms with Crippen molar-refractivity contribution in [1.29, 1.82) is 0 Å². The first kappa shape index (κ1) is 23.3.